The molecule has 2 aromatic rings. The summed E-state index contributed by atoms with van der Waals surface area (Å²) in [5.74, 6) is 3.87. The van der Waals surface area contributed by atoms with Crippen molar-refractivity contribution in [2.24, 2.45) is 10.9 Å². The number of nitrogens with zero attached hydrogens (tertiary/aromatic N) is 1. The molecule has 1 aromatic carbocycles. The lowest BCUT2D eigenvalue weighted by Gasteiger charge is -2.15. The lowest BCUT2D eigenvalue weighted by atomic mass is 10.1. The maximum Gasteiger partial charge on any atom is 0.231 e. The molecule has 1 unspecified atom stereocenters. The van der Waals surface area contributed by atoms with Crippen LogP contribution in [-0.2, 0) is 17.7 Å². The van der Waals surface area contributed by atoms with Crippen LogP contribution >= 0.6 is 0 Å². The largest absolute Gasteiger partial charge is 0.469 e. The molecule has 1 atom stereocenters. The van der Waals surface area contributed by atoms with E-state index in [-0.39, 0.29) is 6.79 Å². The van der Waals surface area contributed by atoms with Gasteiger partial charge in [-0.3, -0.25) is 0 Å². The summed E-state index contributed by atoms with van der Waals surface area (Å²) in [6, 6.07) is 9.82. The highest BCUT2D eigenvalue weighted by atomic mass is 16.7. The molecule has 27 heavy (non-hydrogen) atoms. The number of fused-ring (bicyclic) bond motifs is 1. The van der Waals surface area contributed by atoms with Crippen molar-refractivity contribution in [2.45, 2.75) is 19.4 Å². The molecule has 3 heterocycles. The summed E-state index contributed by atoms with van der Waals surface area (Å²) in [6.07, 6.45) is 3.60. The Hall–Kier alpha value is -2.67. The highest BCUT2D eigenvalue weighted by Gasteiger charge is 2.16. The quantitative estimate of drug-likeness (QED) is 0.575. The smallest absolute Gasteiger partial charge is 0.231 e. The third kappa shape index (κ3) is 4.95. The molecule has 1 saturated heterocycles. The van der Waals surface area contributed by atoms with Crippen molar-refractivity contribution in [1.82, 2.24) is 10.6 Å². The van der Waals surface area contributed by atoms with Crippen molar-refractivity contribution in [1.29, 1.82) is 0 Å². The molecule has 0 aliphatic carbocycles. The standard InChI is InChI=1S/C20H25N3O4/c1-2-17(25-8-1)5-7-21-20(23-12-16-6-9-24-13-16)22-11-15-3-4-18-19(10-15)27-14-26-18/h1-4,8,10,16H,5-7,9,11-14H2,(H2,21,22,23). The van der Waals surface area contributed by atoms with Gasteiger partial charge in [-0.2, -0.15) is 0 Å². The highest BCUT2D eigenvalue weighted by Crippen LogP contribution is 2.32. The molecule has 0 spiro atoms. The van der Waals surface area contributed by atoms with Gasteiger partial charge in [0.05, 0.1) is 19.4 Å². The Bertz CT molecular complexity index is 755. The zero-order valence-corrected chi connectivity index (χ0v) is 15.3. The van der Waals surface area contributed by atoms with E-state index < -0.39 is 0 Å². The Kier molecular flexibility index (Phi) is 5.79. The monoisotopic (exact) mass is 371 g/mol. The molecule has 2 N–H and O–H groups in total. The van der Waals surface area contributed by atoms with E-state index in [1.54, 1.807) is 6.26 Å². The van der Waals surface area contributed by atoms with Crippen molar-refractivity contribution in [3.8, 4) is 11.5 Å². The second-order valence-electron chi connectivity index (χ2n) is 6.72. The zero-order chi connectivity index (χ0) is 18.3. The molecule has 7 nitrogen and oxygen atoms in total. The Labute approximate surface area is 158 Å². The van der Waals surface area contributed by atoms with Crippen molar-refractivity contribution in [3.63, 3.8) is 0 Å². The first kappa shape index (κ1) is 17.7. The van der Waals surface area contributed by atoms with Crippen LogP contribution in [0.3, 0.4) is 0 Å². The molecule has 0 saturated carbocycles. The van der Waals surface area contributed by atoms with E-state index in [0.717, 1.165) is 67.9 Å². The van der Waals surface area contributed by atoms with E-state index in [1.807, 2.05) is 30.3 Å². The summed E-state index contributed by atoms with van der Waals surface area (Å²) >= 11 is 0. The molecular weight excluding hydrogens is 346 g/mol. The van der Waals surface area contributed by atoms with Crippen LogP contribution in [0, 0.1) is 5.92 Å². The van der Waals surface area contributed by atoms with Crippen LogP contribution in [-0.4, -0.2) is 39.1 Å². The summed E-state index contributed by atoms with van der Waals surface area (Å²) in [6.45, 7) is 4.12. The van der Waals surface area contributed by atoms with E-state index in [2.05, 4.69) is 10.6 Å². The van der Waals surface area contributed by atoms with Crippen molar-refractivity contribution < 1.29 is 18.6 Å². The fourth-order valence-electron chi connectivity index (χ4n) is 3.13. The molecule has 0 bridgehead atoms. The Morgan fingerprint density at radius 3 is 2.96 bits per heavy atom. The average molecular weight is 371 g/mol. The van der Waals surface area contributed by atoms with Crippen LogP contribution in [0.15, 0.2) is 46.0 Å². The number of aliphatic imine (C=N–C) groups is 1. The van der Waals surface area contributed by atoms with Crippen molar-refractivity contribution >= 4 is 5.96 Å². The first-order valence-electron chi connectivity index (χ1n) is 9.37. The zero-order valence-electron chi connectivity index (χ0n) is 15.3. The summed E-state index contributed by atoms with van der Waals surface area (Å²) in [5, 5.41) is 6.82. The van der Waals surface area contributed by atoms with Crippen LogP contribution in [0.25, 0.3) is 0 Å². The number of benzene rings is 1. The minimum atomic E-state index is 0.284. The lowest BCUT2D eigenvalue weighted by Crippen LogP contribution is -2.40. The van der Waals surface area contributed by atoms with Crippen LogP contribution in [0.2, 0.25) is 0 Å². The molecule has 2 aliphatic heterocycles. The molecule has 7 heteroatoms. The lowest BCUT2D eigenvalue weighted by molar-refractivity contribution is 0.174. The molecule has 4 rings (SSSR count). The predicted octanol–water partition coefficient (Wildman–Crippen LogP) is 2.32. The predicted molar refractivity (Wildman–Crippen MR) is 101 cm³/mol. The van der Waals surface area contributed by atoms with Gasteiger partial charge < -0.3 is 29.3 Å². The number of nitrogens with one attached hydrogen (secondary N) is 2. The molecule has 0 radical (unpaired) electrons. The fraction of sp³-hybridized carbons (Fsp3) is 0.450. The van der Waals surface area contributed by atoms with Gasteiger partial charge in [-0.1, -0.05) is 6.07 Å². The van der Waals surface area contributed by atoms with E-state index in [9.17, 15) is 0 Å². The summed E-state index contributed by atoms with van der Waals surface area (Å²) in [7, 11) is 0. The molecule has 144 valence electrons. The first-order chi connectivity index (χ1) is 13.4. The first-order valence-corrected chi connectivity index (χ1v) is 9.37. The van der Waals surface area contributed by atoms with Gasteiger partial charge >= 0.3 is 0 Å². The number of furan rings is 1. The van der Waals surface area contributed by atoms with Gasteiger partial charge in [-0.05, 0) is 36.2 Å². The number of hydrogen-bond acceptors (Lipinski definition) is 5. The van der Waals surface area contributed by atoms with Gasteiger partial charge in [0.25, 0.3) is 0 Å². The molecule has 1 aromatic heterocycles. The Balaban J connectivity index is 1.35. The molecule has 1 fully saturated rings. The van der Waals surface area contributed by atoms with Crippen LogP contribution in [0.4, 0.5) is 0 Å². The second-order valence-corrected chi connectivity index (χ2v) is 6.72. The topological polar surface area (TPSA) is 77.3 Å². The maximum atomic E-state index is 5.45. The summed E-state index contributed by atoms with van der Waals surface area (Å²) in [5.41, 5.74) is 1.08. The molecule has 2 aliphatic rings. The van der Waals surface area contributed by atoms with Gasteiger partial charge in [0.2, 0.25) is 6.79 Å². The summed E-state index contributed by atoms with van der Waals surface area (Å²) < 4.78 is 21.6. The van der Waals surface area contributed by atoms with Gasteiger partial charge in [0, 0.05) is 32.0 Å². The van der Waals surface area contributed by atoms with E-state index >= 15 is 0 Å². The van der Waals surface area contributed by atoms with Crippen molar-refractivity contribution in [2.75, 3.05) is 33.1 Å². The van der Waals surface area contributed by atoms with Crippen LogP contribution < -0.4 is 20.1 Å². The molecular formula is C20H25N3O4. The second kappa shape index (κ2) is 8.81. The Morgan fingerprint density at radius 1 is 1.15 bits per heavy atom. The summed E-state index contributed by atoms with van der Waals surface area (Å²) in [4.78, 5) is 4.73. The minimum absolute atomic E-state index is 0.284. The third-order valence-corrected chi connectivity index (χ3v) is 4.68. The van der Waals surface area contributed by atoms with E-state index in [4.69, 9.17) is 23.6 Å². The van der Waals surface area contributed by atoms with Gasteiger partial charge in [0.15, 0.2) is 17.5 Å². The van der Waals surface area contributed by atoms with Crippen LogP contribution in [0.1, 0.15) is 17.7 Å². The fourth-order valence-corrected chi connectivity index (χ4v) is 3.13. The van der Waals surface area contributed by atoms with E-state index in [0.29, 0.717) is 12.5 Å². The van der Waals surface area contributed by atoms with E-state index in [1.165, 1.54) is 0 Å². The maximum absolute atomic E-state index is 5.45. The number of rotatable bonds is 7. The normalized spacial score (nSPS) is 18.7. The molecule has 0 amide bonds. The van der Waals surface area contributed by atoms with Gasteiger partial charge in [-0.15, -0.1) is 0 Å². The van der Waals surface area contributed by atoms with Gasteiger partial charge in [-0.25, -0.2) is 4.99 Å². The van der Waals surface area contributed by atoms with Gasteiger partial charge in [0.1, 0.15) is 5.76 Å². The SMILES string of the molecule is c1coc(CCNC(=NCc2ccc3c(c2)OCO3)NCC2CCOC2)c1. The Morgan fingerprint density at radius 2 is 2.11 bits per heavy atom. The highest BCUT2D eigenvalue weighted by molar-refractivity contribution is 5.79. The average Bonchev–Trinajstić information content (AvgIpc) is 3.45. The third-order valence-electron chi connectivity index (χ3n) is 4.68. The number of guanidine groups is 1. The van der Waals surface area contributed by atoms with Crippen molar-refractivity contribution in [3.05, 3.63) is 47.9 Å². The van der Waals surface area contributed by atoms with Crippen LogP contribution in [0.5, 0.6) is 11.5 Å². The minimum Gasteiger partial charge on any atom is -0.469 e. The number of ether oxygens (including phenoxy) is 3. The number of hydrogen-bond donors (Lipinski definition) is 2.